The van der Waals surface area contributed by atoms with E-state index in [-0.39, 0.29) is 0 Å². The Balaban J connectivity index is 1.54. The molecule has 3 aromatic rings. The summed E-state index contributed by atoms with van der Waals surface area (Å²) in [5.74, 6) is 0. The number of hydrogen-bond acceptors (Lipinski definition) is 4. The number of benzene rings is 2. The molecule has 4 rings (SSSR count). The summed E-state index contributed by atoms with van der Waals surface area (Å²) in [5, 5.41) is 1.58. The predicted octanol–water partition coefficient (Wildman–Crippen LogP) is 3.13. The molecular weight excluding hydrogens is 358 g/mol. The lowest BCUT2D eigenvalue weighted by Gasteiger charge is -2.22. The zero-order chi connectivity index (χ0) is 18.7. The Morgan fingerprint density at radius 3 is 2.59 bits per heavy atom. The molecule has 1 aliphatic heterocycles. The fourth-order valence-electron chi connectivity index (χ4n) is 3.64. The van der Waals surface area contributed by atoms with Gasteiger partial charge in [-0.05, 0) is 30.7 Å². The molecule has 2 heterocycles. The first kappa shape index (κ1) is 18.1. The van der Waals surface area contributed by atoms with Crippen LogP contribution >= 0.6 is 0 Å². The smallest absolute Gasteiger partial charge is 0.243 e. The molecule has 0 saturated carbocycles. The number of rotatable bonds is 4. The zero-order valence-corrected chi connectivity index (χ0v) is 16.0. The van der Waals surface area contributed by atoms with Crippen molar-refractivity contribution in [1.82, 2.24) is 14.2 Å². The first-order valence-electron chi connectivity index (χ1n) is 9.24. The SMILES string of the molecule is O=S(=O)(c1cccc2cnccc12)N1CCCN(Cc2ccccc2)CC1. The summed E-state index contributed by atoms with van der Waals surface area (Å²) in [6.45, 7) is 3.56. The Labute approximate surface area is 160 Å². The summed E-state index contributed by atoms with van der Waals surface area (Å²) in [6.07, 6.45) is 4.18. The molecule has 6 heteroatoms. The van der Waals surface area contributed by atoms with E-state index in [1.807, 2.05) is 24.3 Å². The van der Waals surface area contributed by atoms with Crippen molar-refractivity contribution in [2.24, 2.45) is 0 Å². The maximum absolute atomic E-state index is 13.3. The molecule has 0 radical (unpaired) electrons. The fraction of sp³-hybridized carbons (Fsp3) is 0.286. The third-order valence-corrected chi connectivity index (χ3v) is 7.01. The van der Waals surface area contributed by atoms with Crippen molar-refractivity contribution < 1.29 is 8.42 Å². The molecule has 0 amide bonds. The first-order chi connectivity index (χ1) is 13.1. The van der Waals surface area contributed by atoms with Crippen molar-refractivity contribution >= 4 is 20.8 Å². The topological polar surface area (TPSA) is 53.5 Å². The van der Waals surface area contributed by atoms with Crippen LogP contribution in [0.1, 0.15) is 12.0 Å². The standard InChI is InChI=1S/C21H23N3O2S/c25-27(26,21-9-4-8-19-16-22-11-10-20(19)21)24-13-5-12-23(14-15-24)17-18-6-2-1-3-7-18/h1-4,6-11,16H,5,12-15,17H2. The summed E-state index contributed by atoms with van der Waals surface area (Å²) in [5.41, 5.74) is 1.26. The lowest BCUT2D eigenvalue weighted by molar-refractivity contribution is 0.278. The van der Waals surface area contributed by atoms with E-state index in [2.05, 4.69) is 22.0 Å². The van der Waals surface area contributed by atoms with Gasteiger partial charge in [-0.25, -0.2) is 8.42 Å². The molecule has 1 fully saturated rings. The lowest BCUT2D eigenvalue weighted by atomic mass is 10.2. The van der Waals surface area contributed by atoms with E-state index in [9.17, 15) is 8.42 Å². The molecule has 1 aromatic heterocycles. The Hall–Kier alpha value is -2.28. The van der Waals surface area contributed by atoms with Gasteiger partial charge in [0, 0.05) is 49.3 Å². The molecule has 2 aromatic carbocycles. The average Bonchev–Trinajstić information content (AvgIpc) is 2.94. The maximum atomic E-state index is 13.3. The molecule has 27 heavy (non-hydrogen) atoms. The van der Waals surface area contributed by atoms with Gasteiger partial charge in [-0.1, -0.05) is 42.5 Å². The van der Waals surface area contributed by atoms with Crippen LogP contribution in [0, 0.1) is 0 Å². The van der Waals surface area contributed by atoms with E-state index in [1.54, 1.807) is 34.9 Å². The minimum atomic E-state index is -3.53. The third kappa shape index (κ3) is 3.88. The van der Waals surface area contributed by atoms with E-state index in [4.69, 9.17) is 0 Å². The van der Waals surface area contributed by atoms with Crippen LogP contribution in [0.3, 0.4) is 0 Å². The molecule has 0 atom stereocenters. The quantitative estimate of drug-likeness (QED) is 0.697. The molecule has 5 nitrogen and oxygen atoms in total. The summed E-state index contributed by atoms with van der Waals surface area (Å²) in [4.78, 5) is 6.80. The van der Waals surface area contributed by atoms with Gasteiger partial charge in [0.05, 0.1) is 4.90 Å². The van der Waals surface area contributed by atoms with Crippen LogP contribution in [-0.2, 0) is 16.6 Å². The number of nitrogens with zero attached hydrogens (tertiary/aromatic N) is 3. The van der Waals surface area contributed by atoms with Crippen LogP contribution in [0.2, 0.25) is 0 Å². The highest BCUT2D eigenvalue weighted by Crippen LogP contribution is 2.26. The first-order valence-corrected chi connectivity index (χ1v) is 10.7. The minimum Gasteiger partial charge on any atom is -0.298 e. The van der Waals surface area contributed by atoms with Crippen LogP contribution in [-0.4, -0.2) is 48.8 Å². The Kier molecular flexibility index (Phi) is 5.20. The van der Waals surface area contributed by atoms with Crippen LogP contribution in [0.25, 0.3) is 10.8 Å². The van der Waals surface area contributed by atoms with Gasteiger partial charge in [0.1, 0.15) is 0 Å². The van der Waals surface area contributed by atoms with E-state index in [0.29, 0.717) is 18.0 Å². The highest BCUT2D eigenvalue weighted by atomic mass is 32.2. The highest BCUT2D eigenvalue weighted by molar-refractivity contribution is 7.89. The van der Waals surface area contributed by atoms with Crippen LogP contribution in [0.15, 0.2) is 71.9 Å². The van der Waals surface area contributed by atoms with Gasteiger partial charge in [-0.3, -0.25) is 9.88 Å². The lowest BCUT2D eigenvalue weighted by Crippen LogP contribution is -2.35. The Bertz CT molecular complexity index is 1020. The number of hydrogen-bond donors (Lipinski definition) is 0. The second-order valence-corrected chi connectivity index (χ2v) is 8.78. The third-order valence-electron chi connectivity index (χ3n) is 5.06. The second-order valence-electron chi connectivity index (χ2n) is 6.87. The molecule has 0 spiro atoms. The van der Waals surface area contributed by atoms with Crippen molar-refractivity contribution in [3.05, 3.63) is 72.6 Å². The Morgan fingerprint density at radius 1 is 0.889 bits per heavy atom. The van der Waals surface area contributed by atoms with Crippen molar-refractivity contribution in [3.8, 4) is 0 Å². The van der Waals surface area contributed by atoms with Gasteiger partial charge in [0.15, 0.2) is 0 Å². The number of sulfonamides is 1. The molecule has 1 saturated heterocycles. The van der Waals surface area contributed by atoms with Crippen molar-refractivity contribution in [1.29, 1.82) is 0 Å². The number of pyridine rings is 1. The van der Waals surface area contributed by atoms with Gasteiger partial charge in [-0.2, -0.15) is 4.31 Å². The Morgan fingerprint density at radius 2 is 1.74 bits per heavy atom. The van der Waals surface area contributed by atoms with E-state index in [1.165, 1.54) is 5.56 Å². The van der Waals surface area contributed by atoms with Crippen LogP contribution in [0.4, 0.5) is 0 Å². The van der Waals surface area contributed by atoms with Crippen molar-refractivity contribution in [2.45, 2.75) is 17.9 Å². The zero-order valence-electron chi connectivity index (χ0n) is 15.2. The van der Waals surface area contributed by atoms with Gasteiger partial charge in [-0.15, -0.1) is 0 Å². The van der Waals surface area contributed by atoms with Crippen molar-refractivity contribution in [2.75, 3.05) is 26.2 Å². The normalized spacial score (nSPS) is 17.0. The summed E-state index contributed by atoms with van der Waals surface area (Å²) < 4.78 is 28.2. The fourth-order valence-corrected chi connectivity index (χ4v) is 5.33. The molecule has 0 aliphatic carbocycles. The number of fused-ring (bicyclic) bond motifs is 1. The molecule has 140 valence electrons. The maximum Gasteiger partial charge on any atom is 0.243 e. The largest absolute Gasteiger partial charge is 0.298 e. The van der Waals surface area contributed by atoms with Gasteiger partial charge in [0.2, 0.25) is 10.0 Å². The minimum absolute atomic E-state index is 0.374. The molecule has 0 bridgehead atoms. The van der Waals surface area contributed by atoms with Crippen molar-refractivity contribution in [3.63, 3.8) is 0 Å². The molecule has 1 aliphatic rings. The van der Waals surface area contributed by atoms with Gasteiger partial charge < -0.3 is 0 Å². The highest BCUT2D eigenvalue weighted by Gasteiger charge is 2.28. The van der Waals surface area contributed by atoms with E-state index >= 15 is 0 Å². The molecule has 0 unspecified atom stereocenters. The van der Waals surface area contributed by atoms with E-state index in [0.717, 1.165) is 36.8 Å². The predicted molar refractivity (Wildman–Crippen MR) is 107 cm³/mol. The average molecular weight is 382 g/mol. The summed E-state index contributed by atoms with van der Waals surface area (Å²) in [7, 11) is -3.53. The number of aromatic nitrogens is 1. The van der Waals surface area contributed by atoms with Gasteiger partial charge >= 0.3 is 0 Å². The summed E-state index contributed by atoms with van der Waals surface area (Å²) in [6, 6.07) is 17.5. The van der Waals surface area contributed by atoms with E-state index < -0.39 is 10.0 Å². The van der Waals surface area contributed by atoms with Crippen LogP contribution < -0.4 is 0 Å². The van der Waals surface area contributed by atoms with Crippen LogP contribution in [0.5, 0.6) is 0 Å². The molecular formula is C21H23N3O2S. The summed E-state index contributed by atoms with van der Waals surface area (Å²) >= 11 is 0. The molecule has 0 N–H and O–H groups in total. The second kappa shape index (κ2) is 7.76. The monoisotopic (exact) mass is 381 g/mol. The van der Waals surface area contributed by atoms with Gasteiger partial charge in [0.25, 0.3) is 0 Å².